The Morgan fingerprint density at radius 2 is 1.95 bits per heavy atom. The normalized spacial score (nSPS) is 17.4. The van der Waals surface area contributed by atoms with Gasteiger partial charge in [-0.15, -0.1) is 0 Å². The number of nitrogens with zero attached hydrogens (tertiary/aromatic N) is 3. The van der Waals surface area contributed by atoms with Crippen molar-refractivity contribution in [2.24, 2.45) is 5.92 Å². The molecule has 4 nitrogen and oxygen atoms in total. The number of aromatic nitrogens is 2. The molecule has 1 fully saturated rings. The molecule has 1 aromatic heterocycles. The zero-order valence-corrected chi connectivity index (χ0v) is 14.4. The Hall–Kier alpha value is -0.870. The van der Waals surface area contributed by atoms with Gasteiger partial charge in [0.15, 0.2) is 0 Å². The number of hydrogen-bond acceptors (Lipinski definition) is 4. The van der Waals surface area contributed by atoms with Crippen LogP contribution in [0, 0.1) is 12.8 Å². The van der Waals surface area contributed by atoms with Gasteiger partial charge in [-0.05, 0) is 52.2 Å². The quantitative estimate of drug-likeness (QED) is 0.842. The Morgan fingerprint density at radius 1 is 1.29 bits per heavy atom. The number of nitrogens with one attached hydrogen (secondary N) is 1. The summed E-state index contributed by atoms with van der Waals surface area (Å²) in [5, 5.41) is 4.02. The Morgan fingerprint density at radius 3 is 2.57 bits per heavy atom. The standard InChI is InChI=1S/C16H27ClN4/c1-11(2)15-19-14(17)12(3)16(20-15)18-8-5-13-6-9-21(4)10-7-13/h11,13H,5-10H2,1-4H3,(H,18,19,20). The lowest BCUT2D eigenvalue weighted by Gasteiger charge is -2.29. The van der Waals surface area contributed by atoms with Crippen molar-refractivity contribution in [3.8, 4) is 0 Å². The molecule has 2 heterocycles. The lowest BCUT2D eigenvalue weighted by atomic mass is 9.94. The third kappa shape index (κ3) is 4.55. The molecule has 0 aromatic carbocycles. The second kappa shape index (κ2) is 7.41. The van der Waals surface area contributed by atoms with Gasteiger partial charge >= 0.3 is 0 Å². The molecule has 2 rings (SSSR count). The van der Waals surface area contributed by atoms with Crippen LogP contribution in [0.2, 0.25) is 5.15 Å². The lowest BCUT2D eigenvalue weighted by Crippen LogP contribution is -2.30. The fourth-order valence-electron chi connectivity index (χ4n) is 2.68. The average molecular weight is 311 g/mol. The van der Waals surface area contributed by atoms with Gasteiger partial charge in [-0.3, -0.25) is 0 Å². The Balaban J connectivity index is 1.90. The smallest absolute Gasteiger partial charge is 0.137 e. The molecule has 0 radical (unpaired) electrons. The van der Waals surface area contributed by atoms with Gasteiger partial charge in [-0.2, -0.15) is 0 Å². The maximum Gasteiger partial charge on any atom is 0.137 e. The summed E-state index contributed by atoms with van der Waals surface area (Å²) in [6.45, 7) is 9.55. The first-order valence-corrected chi connectivity index (χ1v) is 8.31. The number of rotatable bonds is 5. The fraction of sp³-hybridized carbons (Fsp3) is 0.750. The molecule has 0 aliphatic carbocycles. The highest BCUT2D eigenvalue weighted by Gasteiger charge is 2.17. The van der Waals surface area contributed by atoms with E-state index >= 15 is 0 Å². The van der Waals surface area contributed by atoms with Gasteiger partial charge in [0.25, 0.3) is 0 Å². The summed E-state index contributed by atoms with van der Waals surface area (Å²) in [5.74, 6) is 2.83. The summed E-state index contributed by atoms with van der Waals surface area (Å²) < 4.78 is 0. The van der Waals surface area contributed by atoms with Crippen LogP contribution < -0.4 is 5.32 Å². The van der Waals surface area contributed by atoms with Crippen LogP contribution in [0.15, 0.2) is 0 Å². The first-order valence-electron chi connectivity index (χ1n) is 7.93. The maximum atomic E-state index is 6.21. The first-order chi connectivity index (χ1) is 9.97. The van der Waals surface area contributed by atoms with E-state index < -0.39 is 0 Å². The van der Waals surface area contributed by atoms with Crippen LogP contribution in [-0.2, 0) is 0 Å². The zero-order chi connectivity index (χ0) is 15.4. The third-order valence-corrected chi connectivity index (χ3v) is 4.67. The molecule has 1 saturated heterocycles. The zero-order valence-electron chi connectivity index (χ0n) is 13.6. The summed E-state index contributed by atoms with van der Waals surface area (Å²) in [6, 6.07) is 0. The highest BCUT2D eigenvalue weighted by atomic mass is 35.5. The van der Waals surface area contributed by atoms with Crippen LogP contribution in [0.25, 0.3) is 0 Å². The summed E-state index contributed by atoms with van der Waals surface area (Å²) in [5.41, 5.74) is 0.949. The van der Waals surface area contributed by atoms with E-state index in [2.05, 4.69) is 41.1 Å². The number of anilines is 1. The van der Waals surface area contributed by atoms with Crippen molar-refractivity contribution in [2.45, 2.75) is 46.0 Å². The SMILES string of the molecule is Cc1c(Cl)nc(C(C)C)nc1NCCC1CCN(C)CC1. The van der Waals surface area contributed by atoms with Crippen molar-refractivity contribution >= 4 is 17.4 Å². The van der Waals surface area contributed by atoms with E-state index in [1.54, 1.807) is 0 Å². The number of likely N-dealkylation sites (tertiary alicyclic amines) is 1. The molecule has 1 aromatic rings. The molecule has 1 N–H and O–H groups in total. The number of hydrogen-bond donors (Lipinski definition) is 1. The van der Waals surface area contributed by atoms with Crippen LogP contribution in [-0.4, -0.2) is 41.5 Å². The minimum Gasteiger partial charge on any atom is -0.370 e. The summed E-state index contributed by atoms with van der Waals surface area (Å²) in [6.07, 6.45) is 3.81. The Kier molecular flexibility index (Phi) is 5.82. The lowest BCUT2D eigenvalue weighted by molar-refractivity contribution is 0.215. The molecule has 0 atom stereocenters. The molecule has 1 aliphatic heterocycles. The molecule has 1 aliphatic rings. The minimum atomic E-state index is 0.289. The highest BCUT2D eigenvalue weighted by molar-refractivity contribution is 6.30. The second-order valence-electron chi connectivity index (χ2n) is 6.46. The van der Waals surface area contributed by atoms with Crippen LogP contribution in [0.5, 0.6) is 0 Å². The number of piperidine rings is 1. The predicted molar refractivity (Wildman–Crippen MR) is 89.2 cm³/mol. The Bertz CT molecular complexity index is 468. The van der Waals surface area contributed by atoms with Gasteiger partial charge < -0.3 is 10.2 Å². The summed E-state index contributed by atoms with van der Waals surface area (Å²) >= 11 is 6.21. The summed E-state index contributed by atoms with van der Waals surface area (Å²) in [7, 11) is 2.20. The van der Waals surface area contributed by atoms with Crippen molar-refractivity contribution in [1.82, 2.24) is 14.9 Å². The number of halogens is 1. The monoisotopic (exact) mass is 310 g/mol. The van der Waals surface area contributed by atoms with Crippen molar-refractivity contribution in [1.29, 1.82) is 0 Å². The second-order valence-corrected chi connectivity index (χ2v) is 6.82. The topological polar surface area (TPSA) is 41.1 Å². The molecule has 0 bridgehead atoms. The Labute approximate surface area is 133 Å². The first kappa shape index (κ1) is 16.5. The molecule has 118 valence electrons. The molecular formula is C16H27ClN4. The molecule has 5 heteroatoms. The van der Waals surface area contributed by atoms with Gasteiger partial charge in [0.1, 0.15) is 16.8 Å². The van der Waals surface area contributed by atoms with Crippen LogP contribution in [0.1, 0.15) is 50.4 Å². The largest absolute Gasteiger partial charge is 0.370 e. The molecular weight excluding hydrogens is 284 g/mol. The van der Waals surface area contributed by atoms with E-state index in [1.165, 1.54) is 32.4 Å². The van der Waals surface area contributed by atoms with Gasteiger partial charge in [-0.1, -0.05) is 25.4 Å². The van der Waals surface area contributed by atoms with Crippen molar-refractivity contribution in [2.75, 3.05) is 32.0 Å². The van der Waals surface area contributed by atoms with E-state index in [4.69, 9.17) is 11.6 Å². The van der Waals surface area contributed by atoms with E-state index in [-0.39, 0.29) is 5.92 Å². The van der Waals surface area contributed by atoms with E-state index in [1.807, 2.05) is 6.92 Å². The maximum absolute atomic E-state index is 6.21. The average Bonchev–Trinajstić information content (AvgIpc) is 2.45. The van der Waals surface area contributed by atoms with Crippen LogP contribution >= 0.6 is 11.6 Å². The fourth-order valence-corrected chi connectivity index (χ4v) is 2.86. The van der Waals surface area contributed by atoms with Gasteiger partial charge in [0.05, 0.1) is 0 Å². The molecule has 0 saturated carbocycles. The van der Waals surface area contributed by atoms with Crippen molar-refractivity contribution in [3.63, 3.8) is 0 Å². The minimum absolute atomic E-state index is 0.289. The highest BCUT2D eigenvalue weighted by Crippen LogP contribution is 2.24. The van der Waals surface area contributed by atoms with E-state index in [0.29, 0.717) is 5.15 Å². The molecule has 0 amide bonds. The molecule has 21 heavy (non-hydrogen) atoms. The summed E-state index contributed by atoms with van der Waals surface area (Å²) in [4.78, 5) is 11.4. The van der Waals surface area contributed by atoms with Crippen LogP contribution in [0.3, 0.4) is 0 Å². The van der Waals surface area contributed by atoms with Crippen LogP contribution in [0.4, 0.5) is 5.82 Å². The van der Waals surface area contributed by atoms with Gasteiger partial charge in [0, 0.05) is 18.0 Å². The van der Waals surface area contributed by atoms with Gasteiger partial charge in [0.2, 0.25) is 0 Å². The van der Waals surface area contributed by atoms with E-state index in [9.17, 15) is 0 Å². The molecule has 0 unspecified atom stereocenters. The third-order valence-electron chi connectivity index (χ3n) is 4.30. The van der Waals surface area contributed by atoms with Crippen molar-refractivity contribution < 1.29 is 0 Å². The van der Waals surface area contributed by atoms with Crippen molar-refractivity contribution in [3.05, 3.63) is 16.5 Å². The molecule has 0 spiro atoms. The predicted octanol–water partition coefficient (Wildman–Crippen LogP) is 3.71. The van der Waals surface area contributed by atoms with Gasteiger partial charge in [-0.25, -0.2) is 9.97 Å². The van der Waals surface area contributed by atoms with E-state index in [0.717, 1.165) is 29.7 Å².